The van der Waals surface area contributed by atoms with Crippen LogP contribution in [0, 0.1) is 5.92 Å². The quantitative estimate of drug-likeness (QED) is 0.597. The average Bonchev–Trinajstić information content (AvgIpc) is 3.45. The van der Waals surface area contributed by atoms with E-state index in [0.29, 0.717) is 30.6 Å². The maximum Gasteiger partial charge on any atom is 0.227 e. The Morgan fingerprint density at radius 1 is 1.12 bits per heavy atom. The van der Waals surface area contributed by atoms with Gasteiger partial charge in [-0.2, -0.15) is 5.10 Å². The lowest BCUT2D eigenvalue weighted by atomic mass is 10.1. The Balaban J connectivity index is 1.20. The minimum atomic E-state index is -0.355. The van der Waals surface area contributed by atoms with Crippen molar-refractivity contribution in [2.24, 2.45) is 5.92 Å². The topological polar surface area (TPSA) is 80.1 Å². The van der Waals surface area contributed by atoms with Gasteiger partial charge in [0.05, 0.1) is 18.2 Å². The lowest BCUT2D eigenvalue weighted by molar-refractivity contribution is -0.126. The van der Waals surface area contributed by atoms with E-state index < -0.39 is 0 Å². The number of carbonyl (C=O) groups is 2. The molecule has 32 heavy (non-hydrogen) atoms. The van der Waals surface area contributed by atoms with Crippen LogP contribution in [0.3, 0.4) is 0 Å². The van der Waals surface area contributed by atoms with Crippen molar-refractivity contribution < 1.29 is 9.59 Å². The molecule has 1 atom stereocenters. The normalized spacial score (nSPS) is 18.2. The second-order valence-electron chi connectivity index (χ2n) is 8.36. The van der Waals surface area contributed by atoms with Crippen LogP contribution in [0.1, 0.15) is 30.9 Å². The number of nitrogens with zero attached hydrogens (tertiary/aromatic N) is 4. The third-order valence-electron chi connectivity index (χ3n) is 6.04. The van der Waals surface area contributed by atoms with Crippen LogP contribution in [0.2, 0.25) is 5.02 Å². The first-order valence-corrected chi connectivity index (χ1v) is 11.3. The van der Waals surface area contributed by atoms with Crippen molar-refractivity contribution in [3.8, 4) is 11.3 Å². The minimum Gasteiger partial charge on any atom is -0.354 e. The van der Waals surface area contributed by atoms with E-state index >= 15 is 0 Å². The Kier molecular flexibility index (Phi) is 5.66. The van der Waals surface area contributed by atoms with Gasteiger partial charge in [0.25, 0.3) is 0 Å². The summed E-state index contributed by atoms with van der Waals surface area (Å²) >= 11 is 5.93. The van der Waals surface area contributed by atoms with Crippen molar-refractivity contribution in [2.45, 2.75) is 31.7 Å². The van der Waals surface area contributed by atoms with Gasteiger partial charge in [0.15, 0.2) is 0 Å². The molecule has 1 saturated carbocycles. The van der Waals surface area contributed by atoms with Crippen molar-refractivity contribution >= 4 is 29.1 Å². The minimum absolute atomic E-state index is 0.0439. The highest BCUT2D eigenvalue weighted by Crippen LogP contribution is 2.41. The first kappa shape index (κ1) is 20.7. The van der Waals surface area contributed by atoms with E-state index in [0.717, 1.165) is 16.9 Å². The van der Waals surface area contributed by atoms with E-state index in [2.05, 4.69) is 16.4 Å². The summed E-state index contributed by atoms with van der Waals surface area (Å²) in [6, 6.07) is 13.2. The number of benzene rings is 1. The summed E-state index contributed by atoms with van der Waals surface area (Å²) in [5.41, 5.74) is 3.96. The number of amides is 2. The van der Waals surface area contributed by atoms with Crippen molar-refractivity contribution in [3.05, 3.63) is 65.6 Å². The fourth-order valence-corrected chi connectivity index (χ4v) is 4.29. The fraction of sp³-hybridized carbons (Fsp3) is 0.333. The molecule has 2 amide bonds. The summed E-state index contributed by atoms with van der Waals surface area (Å²) in [4.78, 5) is 30.9. The molecule has 1 N–H and O–H groups in total. The zero-order chi connectivity index (χ0) is 22.1. The lowest BCUT2D eigenvalue weighted by Gasteiger charge is -2.17. The van der Waals surface area contributed by atoms with Gasteiger partial charge in [-0.05, 0) is 55.3 Å². The Bertz CT molecular complexity index is 1130. The van der Waals surface area contributed by atoms with E-state index in [1.165, 1.54) is 18.5 Å². The average molecular weight is 450 g/mol. The molecule has 1 aromatic carbocycles. The highest BCUT2D eigenvalue weighted by atomic mass is 35.5. The first-order chi connectivity index (χ1) is 15.6. The van der Waals surface area contributed by atoms with Gasteiger partial charge in [-0.25, -0.2) is 0 Å². The predicted molar refractivity (Wildman–Crippen MR) is 122 cm³/mol. The van der Waals surface area contributed by atoms with E-state index in [9.17, 15) is 9.59 Å². The number of pyridine rings is 1. The summed E-state index contributed by atoms with van der Waals surface area (Å²) < 4.78 is 2.01. The summed E-state index contributed by atoms with van der Waals surface area (Å²) in [5.74, 6) is 0.0575. The summed E-state index contributed by atoms with van der Waals surface area (Å²) in [5, 5.41) is 8.39. The first-order valence-electron chi connectivity index (χ1n) is 10.9. The molecule has 0 spiro atoms. The van der Waals surface area contributed by atoms with Gasteiger partial charge in [0, 0.05) is 59.8 Å². The van der Waals surface area contributed by atoms with Gasteiger partial charge >= 0.3 is 0 Å². The number of aromatic nitrogens is 3. The van der Waals surface area contributed by atoms with Crippen LogP contribution >= 0.6 is 11.6 Å². The molecule has 3 heterocycles. The molecule has 7 nitrogen and oxygen atoms in total. The Morgan fingerprint density at radius 3 is 2.59 bits per heavy atom. The number of anilines is 1. The second kappa shape index (κ2) is 8.74. The van der Waals surface area contributed by atoms with E-state index in [-0.39, 0.29) is 24.2 Å². The number of hydrogen-bond acceptors (Lipinski definition) is 4. The van der Waals surface area contributed by atoms with Crippen LogP contribution in [-0.4, -0.2) is 39.7 Å². The molecule has 1 aliphatic heterocycles. The maximum absolute atomic E-state index is 12.7. The number of hydrogen-bond donors (Lipinski definition) is 1. The fourth-order valence-electron chi connectivity index (χ4n) is 4.16. The molecule has 164 valence electrons. The smallest absolute Gasteiger partial charge is 0.227 e. The van der Waals surface area contributed by atoms with Crippen LogP contribution in [0.4, 0.5) is 5.69 Å². The van der Waals surface area contributed by atoms with E-state index in [1.807, 2.05) is 16.8 Å². The molecule has 5 rings (SSSR count). The number of nitrogens with one attached hydrogen (secondary N) is 1. The zero-order valence-corrected chi connectivity index (χ0v) is 18.3. The summed E-state index contributed by atoms with van der Waals surface area (Å²) in [6.07, 6.45) is 6.11. The zero-order valence-electron chi connectivity index (χ0n) is 17.6. The van der Waals surface area contributed by atoms with Crippen molar-refractivity contribution in [3.63, 3.8) is 0 Å². The molecule has 2 aliphatic rings. The summed E-state index contributed by atoms with van der Waals surface area (Å²) in [7, 11) is 0. The Hall–Kier alpha value is -3.19. The van der Waals surface area contributed by atoms with Crippen LogP contribution in [0.5, 0.6) is 0 Å². The number of halogens is 1. The standard InChI is InChI=1S/C24H24ClN5O2/c25-19-3-5-20(6-4-19)29-15-18(13-23(29)31)24(32)27-11-12-30-22(17-1-2-17)14-21(28-30)16-7-9-26-10-8-16/h3-10,14,17-18H,1-2,11-13,15H2,(H,27,32)/t18-/m1/s1. The van der Waals surface area contributed by atoms with Gasteiger partial charge in [-0.3, -0.25) is 19.3 Å². The Morgan fingerprint density at radius 2 is 1.88 bits per heavy atom. The maximum atomic E-state index is 12.7. The van der Waals surface area contributed by atoms with Crippen LogP contribution in [0.25, 0.3) is 11.3 Å². The van der Waals surface area contributed by atoms with Gasteiger partial charge in [0.2, 0.25) is 11.8 Å². The van der Waals surface area contributed by atoms with Crippen LogP contribution in [0.15, 0.2) is 54.9 Å². The van der Waals surface area contributed by atoms with Crippen LogP contribution < -0.4 is 10.2 Å². The third kappa shape index (κ3) is 4.39. The number of carbonyl (C=O) groups excluding carboxylic acids is 2. The molecule has 1 aliphatic carbocycles. The molecule has 2 aromatic heterocycles. The molecule has 3 aromatic rings. The highest BCUT2D eigenvalue weighted by molar-refractivity contribution is 6.30. The third-order valence-corrected chi connectivity index (χ3v) is 6.29. The molecule has 0 bridgehead atoms. The van der Waals surface area contributed by atoms with Crippen molar-refractivity contribution in [2.75, 3.05) is 18.0 Å². The Labute approximate surface area is 191 Å². The largest absolute Gasteiger partial charge is 0.354 e. The van der Waals surface area contributed by atoms with E-state index in [1.54, 1.807) is 41.6 Å². The van der Waals surface area contributed by atoms with Crippen molar-refractivity contribution in [1.82, 2.24) is 20.1 Å². The van der Waals surface area contributed by atoms with Gasteiger partial charge < -0.3 is 10.2 Å². The van der Waals surface area contributed by atoms with Gasteiger partial charge in [-0.15, -0.1) is 0 Å². The number of rotatable bonds is 7. The SMILES string of the molecule is O=C(NCCn1nc(-c2ccncc2)cc1C1CC1)[C@@H]1CC(=O)N(c2ccc(Cl)cc2)C1. The lowest BCUT2D eigenvalue weighted by Crippen LogP contribution is -2.35. The van der Waals surface area contributed by atoms with Crippen molar-refractivity contribution in [1.29, 1.82) is 0 Å². The summed E-state index contributed by atoms with van der Waals surface area (Å²) in [6.45, 7) is 1.46. The molecule has 0 unspecified atom stereocenters. The molecular formula is C24H24ClN5O2. The highest BCUT2D eigenvalue weighted by Gasteiger charge is 2.35. The molecule has 8 heteroatoms. The van der Waals surface area contributed by atoms with Crippen LogP contribution in [-0.2, 0) is 16.1 Å². The van der Waals surface area contributed by atoms with Gasteiger partial charge in [0.1, 0.15) is 0 Å². The molecule has 1 saturated heterocycles. The molecule has 2 fully saturated rings. The molecular weight excluding hydrogens is 426 g/mol. The predicted octanol–water partition coefficient (Wildman–Crippen LogP) is 3.65. The van der Waals surface area contributed by atoms with Gasteiger partial charge in [-0.1, -0.05) is 11.6 Å². The second-order valence-corrected chi connectivity index (χ2v) is 8.80. The monoisotopic (exact) mass is 449 g/mol. The molecule has 0 radical (unpaired) electrons. The van der Waals surface area contributed by atoms with E-state index in [4.69, 9.17) is 16.7 Å².